The lowest BCUT2D eigenvalue weighted by Gasteiger charge is -2.19. The number of carbonyl (C=O) groups is 1. The molecule has 0 aliphatic heterocycles. The van der Waals surface area contributed by atoms with Crippen molar-refractivity contribution in [2.24, 2.45) is 0 Å². The Morgan fingerprint density at radius 3 is 2.25 bits per heavy atom. The maximum atomic E-state index is 11.4. The SMILES string of the molecule is CNC(=O)C(C)NC(C)c1ccc(C)cc1. The number of carbonyl (C=O) groups excluding carboxylic acids is 1. The molecule has 0 aliphatic rings. The standard InChI is InChI=1S/C13H20N2O/c1-9-5-7-12(8-6-9)10(2)15-11(3)13(16)14-4/h5-8,10-11,15H,1-4H3,(H,14,16). The van der Waals surface area contributed by atoms with Crippen LogP contribution in [0, 0.1) is 6.92 Å². The first kappa shape index (κ1) is 12.7. The maximum Gasteiger partial charge on any atom is 0.236 e. The summed E-state index contributed by atoms with van der Waals surface area (Å²) in [5, 5.41) is 5.88. The third-order valence-electron chi connectivity index (χ3n) is 2.72. The highest BCUT2D eigenvalue weighted by Gasteiger charge is 2.14. The van der Waals surface area contributed by atoms with Crippen molar-refractivity contribution >= 4 is 5.91 Å². The molecule has 1 aromatic rings. The lowest BCUT2D eigenvalue weighted by molar-refractivity contribution is -0.122. The zero-order valence-corrected chi connectivity index (χ0v) is 10.4. The van der Waals surface area contributed by atoms with Gasteiger partial charge in [-0.25, -0.2) is 0 Å². The van der Waals surface area contributed by atoms with Crippen LogP contribution in [0.4, 0.5) is 0 Å². The van der Waals surface area contributed by atoms with Gasteiger partial charge in [0.15, 0.2) is 0 Å². The molecule has 1 rings (SSSR count). The van der Waals surface area contributed by atoms with Crippen molar-refractivity contribution in [1.29, 1.82) is 0 Å². The van der Waals surface area contributed by atoms with E-state index in [4.69, 9.17) is 0 Å². The van der Waals surface area contributed by atoms with E-state index in [0.717, 1.165) is 0 Å². The first-order valence-corrected chi connectivity index (χ1v) is 5.58. The van der Waals surface area contributed by atoms with Gasteiger partial charge in [0, 0.05) is 13.1 Å². The van der Waals surface area contributed by atoms with Crippen LogP contribution >= 0.6 is 0 Å². The zero-order valence-electron chi connectivity index (χ0n) is 10.4. The molecule has 3 heteroatoms. The number of aryl methyl sites for hydroxylation is 1. The number of rotatable bonds is 4. The Morgan fingerprint density at radius 1 is 1.19 bits per heavy atom. The molecular weight excluding hydrogens is 200 g/mol. The summed E-state index contributed by atoms with van der Waals surface area (Å²) in [7, 11) is 1.65. The van der Waals surface area contributed by atoms with Crippen LogP contribution in [-0.2, 0) is 4.79 Å². The highest BCUT2D eigenvalue weighted by Crippen LogP contribution is 2.13. The molecule has 0 heterocycles. The van der Waals surface area contributed by atoms with E-state index in [9.17, 15) is 4.79 Å². The van der Waals surface area contributed by atoms with Crippen LogP contribution in [0.1, 0.15) is 31.0 Å². The summed E-state index contributed by atoms with van der Waals surface area (Å²) in [6, 6.07) is 8.33. The van der Waals surface area contributed by atoms with E-state index < -0.39 is 0 Å². The summed E-state index contributed by atoms with van der Waals surface area (Å²) in [6.45, 7) is 5.99. The fourth-order valence-electron chi connectivity index (χ4n) is 1.62. The first-order valence-electron chi connectivity index (χ1n) is 5.58. The molecule has 0 spiro atoms. The maximum absolute atomic E-state index is 11.4. The topological polar surface area (TPSA) is 41.1 Å². The smallest absolute Gasteiger partial charge is 0.236 e. The van der Waals surface area contributed by atoms with Gasteiger partial charge in [0.2, 0.25) is 5.91 Å². The van der Waals surface area contributed by atoms with Gasteiger partial charge in [-0.1, -0.05) is 29.8 Å². The molecule has 1 amide bonds. The van der Waals surface area contributed by atoms with Crippen LogP contribution in [-0.4, -0.2) is 19.0 Å². The molecule has 16 heavy (non-hydrogen) atoms. The summed E-state index contributed by atoms with van der Waals surface area (Å²) < 4.78 is 0. The van der Waals surface area contributed by atoms with E-state index in [1.807, 2.05) is 6.92 Å². The van der Waals surface area contributed by atoms with Crippen LogP contribution in [0.3, 0.4) is 0 Å². The number of amides is 1. The molecule has 2 atom stereocenters. The van der Waals surface area contributed by atoms with Crippen LogP contribution < -0.4 is 10.6 Å². The number of benzene rings is 1. The van der Waals surface area contributed by atoms with Crippen LogP contribution in [0.25, 0.3) is 0 Å². The summed E-state index contributed by atoms with van der Waals surface area (Å²) in [4.78, 5) is 11.4. The summed E-state index contributed by atoms with van der Waals surface area (Å²) in [6.07, 6.45) is 0. The highest BCUT2D eigenvalue weighted by molar-refractivity contribution is 5.80. The van der Waals surface area contributed by atoms with Crippen molar-refractivity contribution in [2.75, 3.05) is 7.05 Å². The molecule has 3 nitrogen and oxygen atoms in total. The second kappa shape index (κ2) is 5.66. The van der Waals surface area contributed by atoms with Gasteiger partial charge in [0.25, 0.3) is 0 Å². The second-order valence-electron chi connectivity index (χ2n) is 4.13. The number of likely N-dealkylation sites (N-methyl/N-ethyl adjacent to an activating group) is 1. The minimum atomic E-state index is -0.179. The van der Waals surface area contributed by atoms with Gasteiger partial charge < -0.3 is 5.32 Å². The van der Waals surface area contributed by atoms with Crippen molar-refractivity contribution in [1.82, 2.24) is 10.6 Å². The molecule has 0 fully saturated rings. The number of nitrogens with one attached hydrogen (secondary N) is 2. The summed E-state index contributed by atoms with van der Waals surface area (Å²) in [5.74, 6) is 0.0129. The third-order valence-corrected chi connectivity index (χ3v) is 2.72. The molecule has 0 saturated carbocycles. The molecule has 2 N–H and O–H groups in total. The van der Waals surface area contributed by atoms with Gasteiger partial charge in [-0.3, -0.25) is 10.1 Å². The molecule has 2 unspecified atom stereocenters. The van der Waals surface area contributed by atoms with Crippen LogP contribution in [0.5, 0.6) is 0 Å². The van der Waals surface area contributed by atoms with E-state index >= 15 is 0 Å². The van der Waals surface area contributed by atoms with Crippen LogP contribution in [0.2, 0.25) is 0 Å². The lowest BCUT2D eigenvalue weighted by atomic mass is 10.1. The van der Waals surface area contributed by atoms with E-state index in [1.54, 1.807) is 7.05 Å². The Balaban J connectivity index is 2.61. The van der Waals surface area contributed by atoms with Gasteiger partial charge in [-0.05, 0) is 26.3 Å². The fourth-order valence-corrected chi connectivity index (χ4v) is 1.62. The molecule has 88 valence electrons. The van der Waals surface area contributed by atoms with Gasteiger partial charge in [0.1, 0.15) is 0 Å². The summed E-state index contributed by atoms with van der Waals surface area (Å²) in [5.41, 5.74) is 2.44. The van der Waals surface area contributed by atoms with E-state index in [0.29, 0.717) is 0 Å². The molecule has 0 aromatic heterocycles. The van der Waals surface area contributed by atoms with E-state index in [2.05, 4.69) is 48.7 Å². The molecule has 0 radical (unpaired) electrons. The largest absolute Gasteiger partial charge is 0.358 e. The third kappa shape index (κ3) is 3.35. The quantitative estimate of drug-likeness (QED) is 0.812. The van der Waals surface area contributed by atoms with E-state index in [-0.39, 0.29) is 18.0 Å². The molecule has 0 saturated heterocycles. The molecule has 0 aliphatic carbocycles. The first-order chi connectivity index (χ1) is 7.54. The fraction of sp³-hybridized carbons (Fsp3) is 0.462. The van der Waals surface area contributed by atoms with Crippen molar-refractivity contribution < 1.29 is 4.79 Å². The van der Waals surface area contributed by atoms with Crippen molar-refractivity contribution in [3.8, 4) is 0 Å². The average molecular weight is 220 g/mol. The van der Waals surface area contributed by atoms with Gasteiger partial charge in [0.05, 0.1) is 6.04 Å². The normalized spacial score (nSPS) is 14.2. The lowest BCUT2D eigenvalue weighted by Crippen LogP contribution is -2.41. The van der Waals surface area contributed by atoms with Gasteiger partial charge in [-0.15, -0.1) is 0 Å². The second-order valence-corrected chi connectivity index (χ2v) is 4.13. The Morgan fingerprint density at radius 2 is 1.75 bits per heavy atom. The van der Waals surface area contributed by atoms with Crippen molar-refractivity contribution in [3.63, 3.8) is 0 Å². The summed E-state index contributed by atoms with van der Waals surface area (Å²) >= 11 is 0. The van der Waals surface area contributed by atoms with Crippen LogP contribution in [0.15, 0.2) is 24.3 Å². The number of hydrogen-bond acceptors (Lipinski definition) is 2. The molecular formula is C13H20N2O. The highest BCUT2D eigenvalue weighted by atomic mass is 16.2. The molecule has 1 aromatic carbocycles. The number of hydrogen-bond donors (Lipinski definition) is 2. The Bertz CT molecular complexity index is 345. The minimum absolute atomic E-state index is 0.0129. The Hall–Kier alpha value is -1.35. The Kier molecular flexibility index (Phi) is 4.50. The average Bonchev–Trinajstić information content (AvgIpc) is 2.28. The van der Waals surface area contributed by atoms with Gasteiger partial charge >= 0.3 is 0 Å². The van der Waals surface area contributed by atoms with Crippen molar-refractivity contribution in [3.05, 3.63) is 35.4 Å². The monoisotopic (exact) mass is 220 g/mol. The van der Waals surface area contributed by atoms with Gasteiger partial charge in [-0.2, -0.15) is 0 Å². The minimum Gasteiger partial charge on any atom is -0.358 e. The predicted molar refractivity (Wildman–Crippen MR) is 66.3 cm³/mol. The zero-order chi connectivity index (χ0) is 12.1. The predicted octanol–water partition coefficient (Wildman–Crippen LogP) is 1.78. The Labute approximate surface area is 97.2 Å². The van der Waals surface area contributed by atoms with Crippen molar-refractivity contribution in [2.45, 2.75) is 32.9 Å². The molecule has 0 bridgehead atoms. The van der Waals surface area contributed by atoms with E-state index in [1.165, 1.54) is 11.1 Å².